The van der Waals surface area contributed by atoms with Crippen molar-refractivity contribution < 1.29 is 14.6 Å². The predicted molar refractivity (Wildman–Crippen MR) is 94.9 cm³/mol. The van der Waals surface area contributed by atoms with Crippen LogP contribution in [0.3, 0.4) is 0 Å². The van der Waals surface area contributed by atoms with Crippen LogP contribution in [0, 0.1) is 12.8 Å². The highest BCUT2D eigenvalue weighted by molar-refractivity contribution is 5.67. The van der Waals surface area contributed by atoms with Gasteiger partial charge in [0.05, 0.1) is 12.7 Å². The summed E-state index contributed by atoms with van der Waals surface area (Å²) < 4.78 is 12.3. The molecule has 0 amide bonds. The summed E-state index contributed by atoms with van der Waals surface area (Å²) in [6.07, 6.45) is 6.71. The number of phenolic OH excluding ortho intramolecular Hbond substituents is 1. The first-order valence-electron chi connectivity index (χ1n) is 9.08. The quantitative estimate of drug-likeness (QED) is 0.745. The van der Waals surface area contributed by atoms with Crippen LogP contribution in [0.1, 0.15) is 74.6 Å². The third-order valence-corrected chi connectivity index (χ3v) is 6.56. The number of methoxy groups -OCH3 is 1. The van der Waals surface area contributed by atoms with Gasteiger partial charge in [0.2, 0.25) is 0 Å². The van der Waals surface area contributed by atoms with Gasteiger partial charge in [-0.25, -0.2) is 0 Å². The van der Waals surface area contributed by atoms with Gasteiger partial charge in [-0.05, 0) is 68.6 Å². The molecular weight excluding hydrogens is 300 g/mol. The van der Waals surface area contributed by atoms with Crippen molar-refractivity contribution in [1.29, 1.82) is 0 Å². The van der Waals surface area contributed by atoms with Crippen molar-refractivity contribution in [2.45, 2.75) is 70.5 Å². The highest BCUT2D eigenvalue weighted by atomic mass is 16.5. The molecule has 3 heteroatoms. The Hall–Kier alpha value is -1.48. The minimum Gasteiger partial charge on any atom is -0.504 e. The number of hydrogen-bond donors (Lipinski definition) is 1. The Balaban J connectivity index is 2.07. The summed E-state index contributed by atoms with van der Waals surface area (Å²) >= 11 is 0. The van der Waals surface area contributed by atoms with Crippen LogP contribution >= 0.6 is 0 Å². The normalized spacial score (nSPS) is 35.5. The Kier molecular flexibility index (Phi) is 3.19. The van der Waals surface area contributed by atoms with E-state index in [4.69, 9.17) is 9.47 Å². The fourth-order valence-corrected chi connectivity index (χ4v) is 5.47. The second kappa shape index (κ2) is 4.78. The van der Waals surface area contributed by atoms with Crippen molar-refractivity contribution in [3.63, 3.8) is 0 Å². The molecule has 0 saturated heterocycles. The lowest BCUT2D eigenvalue weighted by atomic mass is 9.75. The highest BCUT2D eigenvalue weighted by Crippen LogP contribution is 2.64. The number of benzene rings is 1. The predicted octanol–water partition coefficient (Wildman–Crippen LogP) is 4.90. The van der Waals surface area contributed by atoms with Crippen molar-refractivity contribution in [2.75, 3.05) is 7.11 Å². The number of fused-ring (bicyclic) bond motifs is 1. The van der Waals surface area contributed by atoms with Crippen molar-refractivity contribution in [1.82, 2.24) is 0 Å². The Labute approximate surface area is 144 Å². The van der Waals surface area contributed by atoms with Crippen molar-refractivity contribution >= 4 is 0 Å². The fourth-order valence-electron chi connectivity index (χ4n) is 5.47. The average molecular weight is 328 g/mol. The Morgan fingerprint density at radius 1 is 1.17 bits per heavy atom. The lowest BCUT2D eigenvalue weighted by Crippen LogP contribution is -2.35. The molecule has 0 saturated carbocycles. The zero-order valence-corrected chi connectivity index (χ0v) is 15.6. The van der Waals surface area contributed by atoms with E-state index in [1.165, 1.54) is 11.1 Å². The zero-order valence-electron chi connectivity index (χ0n) is 15.6. The van der Waals surface area contributed by atoms with E-state index in [1.54, 1.807) is 7.11 Å². The largest absolute Gasteiger partial charge is 0.504 e. The van der Waals surface area contributed by atoms with Gasteiger partial charge in [0.25, 0.3) is 0 Å². The molecule has 0 bridgehead atoms. The number of phenols is 1. The van der Waals surface area contributed by atoms with Gasteiger partial charge in [-0.3, -0.25) is 0 Å². The SMILES string of the molecule is COc1c(C)c2c3c(c1O)[C@@H](C)CC[C@@H]3[C@@H](C)[C@@]21C=CC(C)(C)O1. The number of rotatable bonds is 1. The molecule has 0 unspecified atom stereocenters. The van der Waals surface area contributed by atoms with Crippen LogP contribution in [0.25, 0.3) is 0 Å². The molecule has 24 heavy (non-hydrogen) atoms. The van der Waals surface area contributed by atoms with Gasteiger partial charge in [0.15, 0.2) is 11.5 Å². The maximum absolute atomic E-state index is 10.9. The number of ether oxygens (including phenoxy) is 2. The fraction of sp³-hybridized carbons (Fsp3) is 0.619. The molecule has 1 aliphatic heterocycles. The van der Waals surface area contributed by atoms with Crippen molar-refractivity contribution in [2.24, 2.45) is 5.92 Å². The molecule has 3 aliphatic rings. The van der Waals surface area contributed by atoms with Gasteiger partial charge in [-0.15, -0.1) is 0 Å². The molecule has 0 aromatic heterocycles. The first-order chi connectivity index (χ1) is 11.2. The summed E-state index contributed by atoms with van der Waals surface area (Å²) in [5.41, 5.74) is 4.04. The molecule has 2 aliphatic carbocycles. The molecule has 1 aromatic rings. The van der Waals surface area contributed by atoms with Gasteiger partial charge >= 0.3 is 0 Å². The molecule has 4 rings (SSSR count). The zero-order chi connectivity index (χ0) is 17.4. The lowest BCUT2D eigenvalue weighted by molar-refractivity contribution is -0.100. The minimum absolute atomic E-state index is 0.266. The van der Waals surface area contributed by atoms with Gasteiger partial charge in [-0.2, -0.15) is 0 Å². The van der Waals surface area contributed by atoms with Gasteiger partial charge in [0, 0.05) is 11.1 Å². The third-order valence-electron chi connectivity index (χ3n) is 6.56. The summed E-state index contributed by atoms with van der Waals surface area (Å²) in [4.78, 5) is 0. The van der Waals surface area contributed by atoms with Crippen LogP contribution in [0.2, 0.25) is 0 Å². The molecular formula is C21H28O3. The Morgan fingerprint density at radius 2 is 1.88 bits per heavy atom. The first-order valence-corrected chi connectivity index (χ1v) is 9.08. The summed E-state index contributed by atoms with van der Waals surface area (Å²) in [6.45, 7) is 10.8. The van der Waals surface area contributed by atoms with Crippen LogP contribution in [0.4, 0.5) is 0 Å². The Morgan fingerprint density at radius 3 is 2.46 bits per heavy atom. The Bertz CT molecular complexity index is 746. The van der Waals surface area contributed by atoms with Gasteiger partial charge in [0.1, 0.15) is 5.60 Å². The third kappa shape index (κ3) is 1.77. The van der Waals surface area contributed by atoms with E-state index in [1.807, 2.05) is 0 Å². The number of hydrogen-bond acceptors (Lipinski definition) is 3. The van der Waals surface area contributed by atoms with E-state index in [0.29, 0.717) is 29.3 Å². The van der Waals surface area contributed by atoms with Crippen LogP contribution in [-0.2, 0) is 10.3 Å². The van der Waals surface area contributed by atoms with Crippen molar-refractivity contribution in [3.05, 3.63) is 34.4 Å². The van der Waals surface area contributed by atoms with Crippen molar-refractivity contribution in [3.8, 4) is 11.5 Å². The smallest absolute Gasteiger partial charge is 0.164 e. The summed E-state index contributed by atoms with van der Waals surface area (Å²) in [6, 6.07) is 0. The van der Waals surface area contributed by atoms with E-state index in [9.17, 15) is 5.11 Å². The molecule has 130 valence electrons. The summed E-state index contributed by atoms with van der Waals surface area (Å²) in [5, 5.41) is 10.9. The maximum Gasteiger partial charge on any atom is 0.164 e. The second-order valence-corrected chi connectivity index (χ2v) is 8.41. The molecule has 4 atom stereocenters. The maximum atomic E-state index is 10.9. The molecule has 1 heterocycles. The topological polar surface area (TPSA) is 38.7 Å². The summed E-state index contributed by atoms with van der Waals surface area (Å²) in [7, 11) is 1.65. The number of aromatic hydroxyl groups is 1. The van der Waals surface area contributed by atoms with Crippen LogP contribution in [0.5, 0.6) is 11.5 Å². The van der Waals surface area contributed by atoms with Crippen LogP contribution in [-0.4, -0.2) is 17.8 Å². The van der Waals surface area contributed by atoms with E-state index in [0.717, 1.165) is 24.0 Å². The average Bonchev–Trinajstić information content (AvgIpc) is 2.95. The molecule has 3 nitrogen and oxygen atoms in total. The second-order valence-electron chi connectivity index (χ2n) is 8.41. The standard InChI is InChI=1S/C21H28O3/c1-11-7-8-14-13(3)21(10-9-20(4,5)24-21)17-12(2)19(23-6)18(22)15(11)16(14)17/h9-11,13-14,22H,7-8H2,1-6H3/t11-,13+,14+,21-/m0/s1. The van der Waals surface area contributed by atoms with E-state index in [2.05, 4.69) is 46.8 Å². The molecule has 0 fully saturated rings. The first kappa shape index (κ1) is 16.0. The van der Waals surface area contributed by atoms with E-state index >= 15 is 0 Å². The molecule has 1 spiro atoms. The van der Waals surface area contributed by atoms with Gasteiger partial charge in [-0.1, -0.05) is 19.9 Å². The van der Waals surface area contributed by atoms with E-state index in [-0.39, 0.29) is 5.60 Å². The van der Waals surface area contributed by atoms with Crippen LogP contribution in [0.15, 0.2) is 12.2 Å². The highest BCUT2D eigenvalue weighted by Gasteiger charge is 2.57. The lowest BCUT2D eigenvalue weighted by Gasteiger charge is -2.35. The van der Waals surface area contributed by atoms with E-state index < -0.39 is 5.60 Å². The molecule has 1 aromatic carbocycles. The summed E-state index contributed by atoms with van der Waals surface area (Å²) in [5.74, 6) is 2.12. The molecule has 1 N–H and O–H groups in total. The molecule has 0 radical (unpaired) electrons. The van der Waals surface area contributed by atoms with Crippen LogP contribution < -0.4 is 4.74 Å². The minimum atomic E-state index is -0.395. The monoisotopic (exact) mass is 328 g/mol. The van der Waals surface area contributed by atoms with Gasteiger partial charge < -0.3 is 14.6 Å².